The zero-order valence-corrected chi connectivity index (χ0v) is 13.7. The number of hydrogen-bond donors (Lipinski definition) is 0. The monoisotopic (exact) mass is 349 g/mol. The van der Waals surface area contributed by atoms with Gasteiger partial charge in [-0.2, -0.15) is 0 Å². The second-order valence-electron chi connectivity index (χ2n) is 5.60. The fourth-order valence-corrected chi connectivity index (χ4v) is 4.27. The van der Waals surface area contributed by atoms with E-state index in [4.69, 9.17) is 4.98 Å². The van der Waals surface area contributed by atoms with Crippen molar-refractivity contribution in [3.63, 3.8) is 0 Å². The maximum absolute atomic E-state index is 4.82. The summed E-state index contributed by atoms with van der Waals surface area (Å²) >= 11 is 5.42. The number of nitrogens with zero attached hydrogens (tertiary/aromatic N) is 3. The molecular formula is C15H16BrN3S. The molecule has 1 aliphatic carbocycles. The molecule has 3 heterocycles. The fourth-order valence-electron chi connectivity index (χ4n) is 2.92. The van der Waals surface area contributed by atoms with Gasteiger partial charge in [0.05, 0.1) is 6.04 Å². The van der Waals surface area contributed by atoms with Gasteiger partial charge in [0.1, 0.15) is 16.2 Å². The highest BCUT2D eigenvalue weighted by atomic mass is 79.9. The van der Waals surface area contributed by atoms with E-state index < -0.39 is 0 Å². The molecule has 0 saturated heterocycles. The smallest absolute Gasteiger partial charge is 0.135 e. The van der Waals surface area contributed by atoms with Crippen molar-refractivity contribution >= 4 is 33.1 Å². The Labute approximate surface area is 131 Å². The highest BCUT2D eigenvalue weighted by molar-refractivity contribution is 9.10. The SMILES string of the molecule is CC1c2ccsc2CCN1c1cc(Br)nc(C2CC2)n1. The minimum atomic E-state index is 0.402. The minimum Gasteiger partial charge on any atom is -0.349 e. The van der Waals surface area contributed by atoms with E-state index in [1.54, 1.807) is 0 Å². The number of anilines is 1. The summed E-state index contributed by atoms with van der Waals surface area (Å²) < 4.78 is 0.910. The number of hydrogen-bond acceptors (Lipinski definition) is 4. The van der Waals surface area contributed by atoms with Crippen molar-refractivity contribution in [3.05, 3.63) is 38.4 Å². The summed E-state index contributed by atoms with van der Waals surface area (Å²) in [5, 5.41) is 2.20. The van der Waals surface area contributed by atoms with Gasteiger partial charge in [0.2, 0.25) is 0 Å². The lowest BCUT2D eigenvalue weighted by molar-refractivity contribution is 0.621. The lowest BCUT2D eigenvalue weighted by atomic mass is 10.0. The van der Waals surface area contributed by atoms with Crippen molar-refractivity contribution in [2.45, 2.75) is 38.1 Å². The lowest BCUT2D eigenvalue weighted by Crippen LogP contribution is -2.34. The van der Waals surface area contributed by atoms with Crippen LogP contribution in [0.25, 0.3) is 0 Å². The van der Waals surface area contributed by atoms with Crippen molar-refractivity contribution in [2.24, 2.45) is 0 Å². The van der Waals surface area contributed by atoms with Crippen molar-refractivity contribution in [3.8, 4) is 0 Å². The van der Waals surface area contributed by atoms with Crippen LogP contribution in [0.15, 0.2) is 22.1 Å². The van der Waals surface area contributed by atoms with Crippen molar-refractivity contribution in [1.29, 1.82) is 0 Å². The van der Waals surface area contributed by atoms with Gasteiger partial charge in [0.25, 0.3) is 0 Å². The van der Waals surface area contributed by atoms with Crippen LogP contribution in [0.3, 0.4) is 0 Å². The summed E-state index contributed by atoms with van der Waals surface area (Å²) in [6.45, 7) is 3.32. The quantitative estimate of drug-likeness (QED) is 0.756. The number of rotatable bonds is 2. The Balaban J connectivity index is 1.71. The molecule has 1 unspecified atom stereocenters. The summed E-state index contributed by atoms with van der Waals surface area (Å²) in [6, 6.07) is 4.72. The van der Waals surface area contributed by atoms with E-state index in [0.29, 0.717) is 12.0 Å². The predicted molar refractivity (Wildman–Crippen MR) is 85.5 cm³/mol. The summed E-state index contributed by atoms with van der Waals surface area (Å²) in [5.41, 5.74) is 1.46. The van der Waals surface area contributed by atoms with Gasteiger partial charge in [-0.05, 0) is 59.1 Å². The molecule has 20 heavy (non-hydrogen) atoms. The zero-order valence-electron chi connectivity index (χ0n) is 11.3. The molecule has 0 spiro atoms. The Morgan fingerprint density at radius 2 is 2.20 bits per heavy atom. The molecule has 1 atom stereocenters. The zero-order chi connectivity index (χ0) is 13.7. The van der Waals surface area contributed by atoms with Gasteiger partial charge in [-0.1, -0.05) is 0 Å². The number of halogens is 1. The van der Waals surface area contributed by atoms with Crippen LogP contribution >= 0.6 is 27.3 Å². The van der Waals surface area contributed by atoms with Gasteiger partial charge in [0.15, 0.2) is 0 Å². The lowest BCUT2D eigenvalue weighted by Gasteiger charge is -2.34. The molecule has 0 bridgehead atoms. The topological polar surface area (TPSA) is 29.0 Å². The Hall–Kier alpha value is -0.940. The maximum atomic E-state index is 4.82. The van der Waals surface area contributed by atoms with Gasteiger partial charge < -0.3 is 4.90 Å². The van der Waals surface area contributed by atoms with Gasteiger partial charge in [-0.3, -0.25) is 0 Å². The third kappa shape index (κ3) is 2.17. The Bertz CT molecular complexity index is 650. The Morgan fingerprint density at radius 1 is 1.35 bits per heavy atom. The second-order valence-corrected chi connectivity index (χ2v) is 7.41. The van der Waals surface area contributed by atoms with Crippen LogP contribution < -0.4 is 4.90 Å². The first-order valence-corrected chi connectivity index (χ1v) is 8.77. The molecule has 104 valence electrons. The average Bonchev–Trinajstić information content (AvgIpc) is 3.17. The van der Waals surface area contributed by atoms with Crippen molar-refractivity contribution in [1.82, 2.24) is 9.97 Å². The summed E-state index contributed by atoms with van der Waals surface area (Å²) in [7, 11) is 0. The molecule has 3 nitrogen and oxygen atoms in total. The molecule has 4 rings (SSSR count). The molecule has 2 aromatic rings. The van der Waals surface area contributed by atoms with E-state index in [-0.39, 0.29) is 0 Å². The summed E-state index contributed by atoms with van der Waals surface area (Å²) in [5.74, 6) is 2.67. The summed E-state index contributed by atoms with van der Waals surface area (Å²) in [4.78, 5) is 13.3. The molecule has 5 heteroatoms. The Morgan fingerprint density at radius 3 is 3.00 bits per heavy atom. The Kier molecular flexibility index (Phi) is 3.07. The van der Waals surface area contributed by atoms with Gasteiger partial charge in [0, 0.05) is 23.4 Å². The number of fused-ring (bicyclic) bond motifs is 1. The molecule has 1 fully saturated rings. The van der Waals surface area contributed by atoms with E-state index in [1.807, 2.05) is 11.3 Å². The van der Waals surface area contributed by atoms with Crippen LogP contribution in [0.4, 0.5) is 5.82 Å². The molecule has 2 aliphatic rings. The molecule has 2 aromatic heterocycles. The van der Waals surface area contributed by atoms with Crippen LogP contribution in [-0.4, -0.2) is 16.5 Å². The van der Waals surface area contributed by atoms with Crippen LogP contribution in [0.5, 0.6) is 0 Å². The molecule has 0 amide bonds. The standard InChI is InChI=1S/C15H16BrN3S/c1-9-11-5-7-20-12(11)4-6-19(9)14-8-13(16)17-15(18-14)10-2-3-10/h5,7-10H,2-4,6H2,1H3. The van der Waals surface area contributed by atoms with Crippen molar-refractivity contribution < 1.29 is 0 Å². The molecule has 0 aromatic carbocycles. The number of aromatic nitrogens is 2. The molecule has 0 radical (unpaired) electrons. The highest BCUT2D eigenvalue weighted by Crippen LogP contribution is 2.40. The minimum absolute atomic E-state index is 0.402. The van der Waals surface area contributed by atoms with E-state index in [9.17, 15) is 0 Å². The van der Waals surface area contributed by atoms with E-state index in [2.05, 4.69) is 50.3 Å². The van der Waals surface area contributed by atoms with Gasteiger partial charge in [-0.15, -0.1) is 11.3 Å². The van der Waals surface area contributed by atoms with Gasteiger partial charge >= 0.3 is 0 Å². The second kappa shape index (κ2) is 4.81. The predicted octanol–water partition coefficient (Wildman–Crippen LogP) is 4.30. The van der Waals surface area contributed by atoms with Crippen molar-refractivity contribution in [2.75, 3.05) is 11.4 Å². The first-order chi connectivity index (χ1) is 9.72. The third-order valence-electron chi connectivity index (χ3n) is 4.21. The summed E-state index contributed by atoms with van der Waals surface area (Å²) in [6.07, 6.45) is 3.60. The van der Waals surface area contributed by atoms with E-state index in [0.717, 1.165) is 29.2 Å². The van der Waals surface area contributed by atoms with E-state index >= 15 is 0 Å². The average molecular weight is 350 g/mol. The third-order valence-corrected chi connectivity index (χ3v) is 5.62. The molecule has 1 aliphatic heterocycles. The first-order valence-electron chi connectivity index (χ1n) is 7.10. The molecule has 0 N–H and O–H groups in total. The maximum Gasteiger partial charge on any atom is 0.135 e. The van der Waals surface area contributed by atoms with Crippen LogP contribution in [0.2, 0.25) is 0 Å². The number of thiophene rings is 1. The molecule has 1 saturated carbocycles. The fraction of sp³-hybridized carbons (Fsp3) is 0.467. The van der Waals surface area contributed by atoms with E-state index in [1.165, 1.54) is 23.3 Å². The highest BCUT2D eigenvalue weighted by Gasteiger charge is 2.30. The van der Waals surface area contributed by atoms with Gasteiger partial charge in [-0.25, -0.2) is 9.97 Å². The van der Waals surface area contributed by atoms with Crippen LogP contribution in [0, 0.1) is 0 Å². The molecular weight excluding hydrogens is 334 g/mol. The van der Waals surface area contributed by atoms with Crippen LogP contribution in [0.1, 0.15) is 48.0 Å². The largest absolute Gasteiger partial charge is 0.349 e. The normalized spacial score (nSPS) is 21.9. The van der Waals surface area contributed by atoms with Crippen LogP contribution in [-0.2, 0) is 6.42 Å². The first kappa shape index (κ1) is 12.8.